The number of nitrogens with zero attached hydrogens (tertiary/aromatic N) is 4. The van der Waals surface area contributed by atoms with Crippen molar-refractivity contribution in [3.8, 4) is 0 Å². The maximum Gasteiger partial charge on any atom is 0.277 e. The number of nitrogens with one attached hydrogen (secondary N) is 1. The van der Waals surface area contributed by atoms with Crippen LogP contribution >= 0.6 is 34.7 Å². The first-order chi connectivity index (χ1) is 14.9. The maximum absolute atomic E-state index is 12.5. The lowest BCUT2D eigenvalue weighted by Crippen LogP contribution is -2.18. The first kappa shape index (κ1) is 23.3. The first-order valence-corrected chi connectivity index (χ1v) is 13.0. The van der Waals surface area contributed by atoms with E-state index in [1.165, 1.54) is 23.1 Å². The van der Waals surface area contributed by atoms with Gasteiger partial charge in [-0.15, -0.1) is 10.2 Å². The summed E-state index contributed by atoms with van der Waals surface area (Å²) < 4.78 is 25.0. The molecule has 0 atom stereocenters. The number of hydrogen-bond donors (Lipinski definition) is 1. The molecule has 0 bridgehead atoms. The van der Waals surface area contributed by atoms with Crippen LogP contribution in [0.2, 0.25) is 5.02 Å². The second-order valence-corrected chi connectivity index (χ2v) is 10.8. The molecule has 2 heterocycles. The summed E-state index contributed by atoms with van der Waals surface area (Å²) in [6.07, 6.45) is 5.53. The number of halogens is 1. The largest absolute Gasteiger partial charge is 0.295 e. The van der Waals surface area contributed by atoms with E-state index < -0.39 is 20.9 Å². The van der Waals surface area contributed by atoms with E-state index in [1.54, 1.807) is 6.92 Å². The molecule has 0 saturated carbocycles. The lowest BCUT2D eigenvalue weighted by Gasteiger charge is -2.05. The second kappa shape index (κ2) is 10.8. The number of aromatic nitrogens is 4. The van der Waals surface area contributed by atoms with Gasteiger partial charge in [-0.25, -0.2) is 18.4 Å². The molecule has 1 aromatic carbocycles. The molecule has 1 amide bonds. The number of carbonyl (C=O) groups excluding carboxylic acids is 1. The van der Waals surface area contributed by atoms with E-state index in [1.807, 2.05) is 42.5 Å². The average molecular weight is 496 g/mol. The molecule has 0 spiro atoms. The van der Waals surface area contributed by atoms with E-state index in [4.69, 9.17) is 11.6 Å². The highest BCUT2D eigenvalue weighted by atomic mass is 35.5. The average Bonchev–Trinajstić information content (AvgIpc) is 3.19. The highest BCUT2D eigenvalue weighted by Gasteiger charge is 2.22. The Morgan fingerprint density at radius 1 is 1.26 bits per heavy atom. The van der Waals surface area contributed by atoms with Crippen molar-refractivity contribution < 1.29 is 13.2 Å². The van der Waals surface area contributed by atoms with Crippen molar-refractivity contribution in [3.05, 3.63) is 58.9 Å². The first-order valence-electron chi connectivity index (χ1n) is 9.13. The number of hydrogen-bond acceptors (Lipinski definition) is 9. The van der Waals surface area contributed by atoms with Crippen LogP contribution < -0.4 is 5.32 Å². The normalized spacial score (nSPS) is 11.7. The number of sulfone groups is 1. The molecular weight excluding hydrogens is 478 g/mol. The van der Waals surface area contributed by atoms with Crippen molar-refractivity contribution in [2.24, 2.45) is 0 Å². The second-order valence-electron chi connectivity index (χ2n) is 6.12. The van der Waals surface area contributed by atoms with Gasteiger partial charge in [0.2, 0.25) is 20.1 Å². The summed E-state index contributed by atoms with van der Waals surface area (Å²) in [7, 11) is -3.68. The standard InChI is InChI=1S/C19H18ClN5O3S3/c1-2-11-31(27,28)18-21-12-14(20)15(22-18)16(26)23-17-24-25-19(30-17)29-10-6-9-13-7-4-3-5-8-13/h3-9,12H,2,10-11H2,1H3,(H,23,24,26). The maximum atomic E-state index is 12.5. The third-order valence-corrected chi connectivity index (χ3v) is 7.63. The molecular formula is C19H18ClN5O3S3. The highest BCUT2D eigenvalue weighted by Crippen LogP contribution is 2.26. The van der Waals surface area contributed by atoms with Crippen LogP contribution in [0.4, 0.5) is 5.13 Å². The van der Waals surface area contributed by atoms with Crippen LogP contribution in [0.5, 0.6) is 0 Å². The summed E-state index contributed by atoms with van der Waals surface area (Å²) in [5.74, 6) is -0.115. The molecule has 0 radical (unpaired) electrons. The Hall–Kier alpha value is -2.34. The SMILES string of the molecule is CCCS(=O)(=O)c1ncc(Cl)c(C(=O)Nc2nnc(SCC=Cc3ccccc3)s2)n1. The Morgan fingerprint density at radius 2 is 2.03 bits per heavy atom. The quantitative estimate of drug-likeness (QED) is 0.266. The topological polar surface area (TPSA) is 115 Å². The third kappa shape index (κ3) is 6.57. The zero-order chi connectivity index (χ0) is 22.3. The molecule has 0 aliphatic rings. The van der Waals surface area contributed by atoms with E-state index in [2.05, 4.69) is 25.5 Å². The van der Waals surface area contributed by atoms with Crippen molar-refractivity contribution in [2.45, 2.75) is 22.8 Å². The van der Waals surface area contributed by atoms with Crippen molar-refractivity contribution in [2.75, 3.05) is 16.8 Å². The molecule has 0 aliphatic heterocycles. The van der Waals surface area contributed by atoms with Crippen LogP contribution in [-0.4, -0.2) is 46.0 Å². The predicted molar refractivity (Wildman–Crippen MR) is 123 cm³/mol. The van der Waals surface area contributed by atoms with Gasteiger partial charge < -0.3 is 0 Å². The Balaban J connectivity index is 1.62. The van der Waals surface area contributed by atoms with E-state index >= 15 is 0 Å². The van der Waals surface area contributed by atoms with Crippen LogP contribution in [0.15, 0.2) is 52.1 Å². The molecule has 0 aliphatic carbocycles. The summed E-state index contributed by atoms with van der Waals surface area (Å²) in [4.78, 5) is 20.1. The summed E-state index contributed by atoms with van der Waals surface area (Å²) in [6.45, 7) is 1.73. The predicted octanol–water partition coefficient (Wildman–Crippen LogP) is 4.22. The zero-order valence-electron chi connectivity index (χ0n) is 16.4. The minimum Gasteiger partial charge on any atom is -0.295 e. The summed E-state index contributed by atoms with van der Waals surface area (Å²) in [5, 5.41) is 10.3. The fourth-order valence-electron chi connectivity index (χ4n) is 2.36. The number of benzene rings is 1. The van der Waals surface area contributed by atoms with Gasteiger partial charge in [-0.3, -0.25) is 10.1 Å². The van der Waals surface area contributed by atoms with Gasteiger partial charge in [0.25, 0.3) is 5.91 Å². The molecule has 1 N–H and O–H groups in total. The van der Waals surface area contributed by atoms with Gasteiger partial charge in [-0.2, -0.15) is 0 Å². The zero-order valence-corrected chi connectivity index (χ0v) is 19.6. The van der Waals surface area contributed by atoms with Gasteiger partial charge in [0.05, 0.1) is 17.0 Å². The van der Waals surface area contributed by atoms with Crippen LogP contribution in [0.3, 0.4) is 0 Å². The third-order valence-electron chi connectivity index (χ3n) is 3.73. The molecule has 0 unspecified atom stereocenters. The van der Waals surface area contributed by atoms with E-state index in [9.17, 15) is 13.2 Å². The minimum absolute atomic E-state index is 0.0573. The van der Waals surface area contributed by atoms with Crippen molar-refractivity contribution in [1.29, 1.82) is 0 Å². The molecule has 2 aromatic heterocycles. The molecule has 3 aromatic rings. The number of anilines is 1. The lowest BCUT2D eigenvalue weighted by atomic mass is 10.2. The Bertz CT molecular complexity index is 1180. The smallest absolute Gasteiger partial charge is 0.277 e. The molecule has 0 saturated heterocycles. The van der Waals surface area contributed by atoms with Gasteiger partial charge >= 0.3 is 0 Å². The van der Waals surface area contributed by atoms with Gasteiger partial charge in [-0.05, 0) is 12.0 Å². The van der Waals surface area contributed by atoms with E-state index in [-0.39, 0.29) is 21.6 Å². The summed E-state index contributed by atoms with van der Waals surface area (Å²) >= 11 is 8.67. The Kier molecular flexibility index (Phi) is 8.13. The van der Waals surface area contributed by atoms with Crippen LogP contribution in [0.1, 0.15) is 29.4 Å². The number of rotatable bonds is 9. The van der Waals surface area contributed by atoms with E-state index in [0.29, 0.717) is 16.5 Å². The Labute approximate surface area is 193 Å². The van der Waals surface area contributed by atoms with Crippen molar-refractivity contribution in [3.63, 3.8) is 0 Å². The van der Waals surface area contributed by atoms with Gasteiger partial charge in [0.1, 0.15) is 0 Å². The molecule has 3 rings (SSSR count). The van der Waals surface area contributed by atoms with Gasteiger partial charge in [-0.1, -0.05) is 84.1 Å². The minimum atomic E-state index is -3.68. The number of carbonyl (C=O) groups is 1. The number of amides is 1. The van der Waals surface area contributed by atoms with E-state index in [0.717, 1.165) is 11.8 Å². The monoisotopic (exact) mass is 495 g/mol. The molecule has 8 nitrogen and oxygen atoms in total. The summed E-state index contributed by atoms with van der Waals surface area (Å²) in [5.41, 5.74) is 0.872. The van der Waals surface area contributed by atoms with Crippen LogP contribution in [0, 0.1) is 0 Å². The van der Waals surface area contributed by atoms with Crippen molar-refractivity contribution >= 4 is 61.7 Å². The van der Waals surface area contributed by atoms with Gasteiger partial charge in [0.15, 0.2) is 10.0 Å². The highest BCUT2D eigenvalue weighted by molar-refractivity contribution is 8.01. The number of thioether (sulfide) groups is 1. The van der Waals surface area contributed by atoms with Crippen molar-refractivity contribution in [1.82, 2.24) is 20.2 Å². The van der Waals surface area contributed by atoms with Gasteiger partial charge in [0, 0.05) is 5.75 Å². The van der Waals surface area contributed by atoms with Crippen LogP contribution in [0.25, 0.3) is 6.08 Å². The Morgan fingerprint density at radius 3 is 2.77 bits per heavy atom. The lowest BCUT2D eigenvalue weighted by molar-refractivity contribution is 0.102. The molecule has 31 heavy (non-hydrogen) atoms. The summed E-state index contributed by atoms with van der Waals surface area (Å²) in [6, 6.07) is 9.92. The van der Waals surface area contributed by atoms with Crippen LogP contribution in [-0.2, 0) is 9.84 Å². The molecule has 0 fully saturated rings. The fourth-order valence-corrected chi connectivity index (χ4v) is 5.29. The molecule has 12 heteroatoms. The fraction of sp³-hybridized carbons (Fsp3) is 0.211. The molecule has 162 valence electrons.